The van der Waals surface area contributed by atoms with Crippen LogP contribution in [0.5, 0.6) is 0 Å². The predicted molar refractivity (Wildman–Crippen MR) is 103 cm³/mol. The van der Waals surface area contributed by atoms with Crippen molar-refractivity contribution in [1.29, 1.82) is 0 Å². The second kappa shape index (κ2) is 7.80. The molecule has 3 amide bonds. The van der Waals surface area contributed by atoms with Crippen molar-refractivity contribution >= 4 is 34.5 Å². The van der Waals surface area contributed by atoms with Crippen LogP contribution in [-0.2, 0) is 9.59 Å². The first-order valence-corrected chi connectivity index (χ1v) is 9.21. The summed E-state index contributed by atoms with van der Waals surface area (Å²) in [5, 5.41) is 13.1. The number of nitrogens with one attached hydrogen (secondary N) is 1. The molecule has 0 spiro atoms. The van der Waals surface area contributed by atoms with E-state index >= 15 is 0 Å². The van der Waals surface area contributed by atoms with Crippen molar-refractivity contribution in [3.05, 3.63) is 47.5 Å². The molecule has 1 atom stereocenters. The largest absolute Gasteiger partial charge is 0.480 e. The predicted octanol–water partition coefficient (Wildman–Crippen LogP) is 2.44. The lowest BCUT2D eigenvalue weighted by Crippen LogP contribution is -2.45. The molecule has 0 fully saturated rings. The third-order valence-corrected chi connectivity index (χ3v) is 4.89. The molecule has 28 heavy (non-hydrogen) atoms. The van der Waals surface area contributed by atoms with Crippen molar-refractivity contribution in [2.24, 2.45) is 5.92 Å². The first-order chi connectivity index (χ1) is 13.3. The summed E-state index contributed by atoms with van der Waals surface area (Å²) in [5.74, 6) is -2.50. The molecule has 0 aliphatic carbocycles. The Kier molecular flexibility index (Phi) is 5.44. The number of amides is 3. The number of carbonyl (C=O) groups excluding carboxylic acids is 3. The molecule has 7 heteroatoms. The van der Waals surface area contributed by atoms with Crippen LogP contribution in [0.3, 0.4) is 0 Å². The van der Waals surface area contributed by atoms with Gasteiger partial charge in [0.05, 0.1) is 0 Å². The van der Waals surface area contributed by atoms with E-state index in [-0.39, 0.29) is 37.1 Å². The van der Waals surface area contributed by atoms with Crippen LogP contribution >= 0.6 is 0 Å². The fraction of sp³-hybridized carbons (Fsp3) is 0.333. The van der Waals surface area contributed by atoms with Crippen LogP contribution in [0.1, 0.15) is 47.4 Å². The van der Waals surface area contributed by atoms with E-state index in [0.717, 1.165) is 10.3 Å². The molecule has 146 valence electrons. The van der Waals surface area contributed by atoms with Crippen molar-refractivity contribution in [3.63, 3.8) is 0 Å². The first-order valence-electron chi connectivity index (χ1n) is 9.21. The van der Waals surface area contributed by atoms with Gasteiger partial charge in [-0.1, -0.05) is 38.1 Å². The zero-order chi connectivity index (χ0) is 20.4. The topological polar surface area (TPSA) is 104 Å². The maximum atomic E-state index is 12.8. The van der Waals surface area contributed by atoms with Gasteiger partial charge in [-0.15, -0.1) is 0 Å². The van der Waals surface area contributed by atoms with Crippen molar-refractivity contribution in [1.82, 2.24) is 10.2 Å². The smallest absolute Gasteiger partial charge is 0.326 e. The lowest BCUT2D eigenvalue weighted by atomic mass is 9.94. The zero-order valence-electron chi connectivity index (χ0n) is 15.8. The quantitative estimate of drug-likeness (QED) is 0.716. The van der Waals surface area contributed by atoms with Gasteiger partial charge in [0.25, 0.3) is 11.8 Å². The van der Waals surface area contributed by atoms with Gasteiger partial charge in [-0.25, -0.2) is 4.79 Å². The molecule has 0 unspecified atom stereocenters. The molecular formula is C21H22N2O5. The summed E-state index contributed by atoms with van der Waals surface area (Å²) >= 11 is 0. The number of hydrogen-bond acceptors (Lipinski definition) is 4. The molecule has 0 radical (unpaired) electrons. The Morgan fingerprint density at radius 1 is 1.04 bits per heavy atom. The summed E-state index contributed by atoms with van der Waals surface area (Å²) in [4.78, 5) is 49.9. The SMILES string of the molecule is CC(C)[C@H](NC(=O)CCCN1C(=O)c2cccc3cccc(c23)C1=O)C(=O)O. The lowest BCUT2D eigenvalue weighted by molar-refractivity contribution is -0.143. The van der Waals surface area contributed by atoms with Gasteiger partial charge in [0, 0.05) is 29.5 Å². The Hall–Kier alpha value is -3.22. The third-order valence-electron chi connectivity index (χ3n) is 4.89. The minimum absolute atomic E-state index is 0.0272. The third kappa shape index (κ3) is 3.60. The summed E-state index contributed by atoms with van der Waals surface area (Å²) in [7, 11) is 0. The van der Waals surface area contributed by atoms with Crippen LogP contribution in [0, 0.1) is 5.92 Å². The highest BCUT2D eigenvalue weighted by Crippen LogP contribution is 2.30. The molecule has 2 aromatic rings. The second-order valence-corrected chi connectivity index (χ2v) is 7.20. The van der Waals surface area contributed by atoms with Crippen molar-refractivity contribution in [3.8, 4) is 0 Å². The maximum Gasteiger partial charge on any atom is 0.326 e. The van der Waals surface area contributed by atoms with Crippen LogP contribution in [0.4, 0.5) is 0 Å². The minimum Gasteiger partial charge on any atom is -0.480 e. The summed E-state index contributed by atoms with van der Waals surface area (Å²) in [6.45, 7) is 3.51. The zero-order valence-corrected chi connectivity index (χ0v) is 15.8. The van der Waals surface area contributed by atoms with Crippen LogP contribution in [0.2, 0.25) is 0 Å². The highest BCUT2D eigenvalue weighted by molar-refractivity contribution is 6.25. The van der Waals surface area contributed by atoms with E-state index in [1.165, 1.54) is 0 Å². The van der Waals surface area contributed by atoms with Crippen molar-refractivity contribution < 1.29 is 24.3 Å². The average Bonchev–Trinajstić information content (AvgIpc) is 2.66. The number of carbonyl (C=O) groups is 4. The van der Waals surface area contributed by atoms with Gasteiger partial charge in [-0.3, -0.25) is 19.3 Å². The molecule has 7 nitrogen and oxygen atoms in total. The van der Waals surface area contributed by atoms with Gasteiger partial charge in [-0.2, -0.15) is 0 Å². The molecule has 1 aliphatic heterocycles. The molecule has 0 bridgehead atoms. The monoisotopic (exact) mass is 382 g/mol. The van der Waals surface area contributed by atoms with Crippen LogP contribution in [-0.4, -0.2) is 46.3 Å². The highest BCUT2D eigenvalue weighted by atomic mass is 16.4. The number of hydrogen-bond donors (Lipinski definition) is 2. The summed E-state index contributed by atoms with van der Waals surface area (Å²) in [6, 6.07) is 9.70. The number of rotatable bonds is 7. The molecule has 2 N–H and O–H groups in total. The molecule has 1 heterocycles. The normalized spacial score (nSPS) is 14.5. The standard InChI is InChI=1S/C21H22N2O5/c1-12(2)18(21(27)28)22-16(24)10-5-11-23-19(25)14-8-3-6-13-7-4-9-15(17(13)14)20(23)26/h3-4,6-9,12,18H,5,10-11H2,1-2H3,(H,22,24)(H,27,28)/t18-/m0/s1. The van der Waals surface area contributed by atoms with Gasteiger partial charge in [0.1, 0.15) is 6.04 Å². The summed E-state index contributed by atoms with van der Waals surface area (Å²) in [6.07, 6.45) is 0.283. The lowest BCUT2D eigenvalue weighted by Gasteiger charge is -2.27. The van der Waals surface area contributed by atoms with Crippen LogP contribution in [0.25, 0.3) is 10.8 Å². The molecule has 1 aliphatic rings. The fourth-order valence-corrected chi connectivity index (χ4v) is 3.44. The van der Waals surface area contributed by atoms with Gasteiger partial charge < -0.3 is 10.4 Å². The van der Waals surface area contributed by atoms with Crippen molar-refractivity contribution in [2.75, 3.05) is 6.54 Å². The van der Waals surface area contributed by atoms with E-state index in [0.29, 0.717) is 16.5 Å². The molecule has 3 rings (SSSR count). The van der Waals surface area contributed by atoms with E-state index in [2.05, 4.69) is 5.32 Å². The van der Waals surface area contributed by atoms with E-state index < -0.39 is 17.9 Å². The van der Waals surface area contributed by atoms with Gasteiger partial charge in [-0.05, 0) is 29.9 Å². The average molecular weight is 382 g/mol. The van der Waals surface area contributed by atoms with Crippen molar-refractivity contribution in [2.45, 2.75) is 32.7 Å². The Bertz CT molecular complexity index is 916. The highest BCUT2D eigenvalue weighted by Gasteiger charge is 2.32. The number of benzene rings is 2. The number of imide groups is 1. The van der Waals surface area contributed by atoms with Gasteiger partial charge in [0.15, 0.2) is 0 Å². The summed E-state index contributed by atoms with van der Waals surface area (Å²) in [5.41, 5.74) is 0.950. The first kappa shape index (κ1) is 19.5. The van der Waals surface area contributed by atoms with Gasteiger partial charge in [0.2, 0.25) is 5.91 Å². The number of carboxylic acid groups (broad SMARTS) is 1. The maximum absolute atomic E-state index is 12.8. The number of carboxylic acids is 1. The van der Waals surface area contributed by atoms with E-state index in [4.69, 9.17) is 5.11 Å². The van der Waals surface area contributed by atoms with Crippen LogP contribution in [0.15, 0.2) is 36.4 Å². The van der Waals surface area contributed by atoms with E-state index in [1.54, 1.807) is 38.1 Å². The summed E-state index contributed by atoms with van der Waals surface area (Å²) < 4.78 is 0. The number of aliphatic carboxylic acids is 1. The second-order valence-electron chi connectivity index (χ2n) is 7.20. The number of nitrogens with zero attached hydrogens (tertiary/aromatic N) is 1. The Labute approximate surface area is 162 Å². The van der Waals surface area contributed by atoms with Gasteiger partial charge >= 0.3 is 5.97 Å². The molecular weight excluding hydrogens is 360 g/mol. The van der Waals surface area contributed by atoms with E-state index in [9.17, 15) is 19.2 Å². The minimum atomic E-state index is -1.09. The molecule has 0 aromatic heterocycles. The Balaban J connectivity index is 1.68. The van der Waals surface area contributed by atoms with E-state index in [1.807, 2.05) is 12.1 Å². The Morgan fingerprint density at radius 2 is 1.61 bits per heavy atom. The molecule has 0 saturated heterocycles. The molecule has 2 aromatic carbocycles. The molecule has 0 saturated carbocycles. The van der Waals surface area contributed by atoms with Crippen LogP contribution < -0.4 is 5.32 Å². The Morgan fingerprint density at radius 3 is 2.11 bits per heavy atom. The fourth-order valence-electron chi connectivity index (χ4n) is 3.44.